The van der Waals surface area contributed by atoms with Crippen LogP contribution in [0.15, 0.2) is 193 Å². The van der Waals surface area contributed by atoms with Crippen LogP contribution in [0.25, 0.3) is 52.2 Å². The minimum absolute atomic E-state index is 0.0700. The van der Waals surface area contributed by atoms with Gasteiger partial charge in [-0.3, -0.25) is 19.9 Å². The Balaban J connectivity index is 0.000000137. The summed E-state index contributed by atoms with van der Waals surface area (Å²) in [5, 5.41) is 11.8. The average Bonchev–Trinajstić information content (AvgIpc) is 1.66. The Hall–Kier alpha value is -10.3. The predicted molar refractivity (Wildman–Crippen MR) is 364 cm³/mol. The maximum absolute atomic E-state index is 13.7. The van der Waals surface area contributed by atoms with Crippen LogP contribution in [0.4, 0.5) is 37.7 Å². The summed E-state index contributed by atoms with van der Waals surface area (Å²) in [6, 6.07) is 46.7. The molecule has 0 bridgehead atoms. The zero-order valence-electron chi connectivity index (χ0n) is 52.7. The van der Waals surface area contributed by atoms with E-state index in [0.29, 0.717) is 49.4 Å². The quantitative estimate of drug-likeness (QED) is 0.0823. The van der Waals surface area contributed by atoms with Crippen molar-refractivity contribution in [2.45, 2.75) is 83.5 Å². The summed E-state index contributed by atoms with van der Waals surface area (Å²) < 4.78 is 97.4. The number of pyridine rings is 3. The zero-order valence-corrected chi connectivity index (χ0v) is 52.7. The van der Waals surface area contributed by atoms with E-state index in [1.807, 2.05) is 143 Å². The number of aromatic nitrogens is 7. The topological polar surface area (TPSA) is 112 Å². The second-order valence-corrected chi connectivity index (χ2v) is 23.7. The van der Waals surface area contributed by atoms with Gasteiger partial charge in [0.05, 0.1) is 51.8 Å². The number of nitrogens with zero attached hydrogens (tertiary/aromatic N) is 10. The predicted octanol–water partition coefficient (Wildman–Crippen LogP) is 17.6. The molecule has 2 saturated heterocycles. The minimum Gasteiger partial charge on any atom is -0.370 e. The molecule has 95 heavy (non-hydrogen) atoms. The normalized spacial score (nSPS) is 15.4. The van der Waals surface area contributed by atoms with Crippen molar-refractivity contribution in [2.24, 2.45) is 4.99 Å². The monoisotopic (exact) mass is 1280 g/mol. The van der Waals surface area contributed by atoms with E-state index in [9.17, 15) is 26.3 Å². The molecular weight excluding hydrogens is 1210 g/mol. The first-order valence-corrected chi connectivity index (χ1v) is 31.8. The molecular formula is C77H70F6N10O2. The van der Waals surface area contributed by atoms with Crippen LogP contribution in [-0.2, 0) is 41.9 Å². The SMILES string of the molecule is CN(Cc1ccc2c(c1)C(/C=C/c1ccccn1)=NC2)c1cc(F)cc(F)c1.CN(Cc1ccc2c(c1)c(/C=C/c1ccccn1)nn2C1CCCCO1)c1cc(F)cc(F)c1.Fc1cc(F)cc(CCc2ccc3c(c2)c(/C=C/c2ccccn2)nn3C2CCCCO2)c1. The first-order chi connectivity index (χ1) is 46.3. The fraction of sp³-hybridized carbons (Fsp3) is 0.221. The van der Waals surface area contributed by atoms with E-state index in [1.54, 1.807) is 18.6 Å². The van der Waals surface area contributed by atoms with Crippen molar-refractivity contribution >= 4 is 69.3 Å². The number of benzene rings is 6. The summed E-state index contributed by atoms with van der Waals surface area (Å²) in [6.07, 6.45) is 24.4. The van der Waals surface area contributed by atoms with Crippen molar-refractivity contribution in [3.63, 3.8) is 0 Å². The first kappa shape index (κ1) is 64.8. The lowest BCUT2D eigenvalue weighted by atomic mass is 10.0. The van der Waals surface area contributed by atoms with Gasteiger partial charge < -0.3 is 19.3 Å². The Labute approximate surface area is 547 Å². The molecule has 6 aromatic carbocycles. The number of hydrogen-bond acceptors (Lipinski definition) is 10. The summed E-state index contributed by atoms with van der Waals surface area (Å²) in [5.41, 5.74) is 14.2. The van der Waals surface area contributed by atoms with Gasteiger partial charge in [0.25, 0.3) is 0 Å². The summed E-state index contributed by atoms with van der Waals surface area (Å²) >= 11 is 0. The lowest BCUT2D eigenvalue weighted by Gasteiger charge is -2.23. The van der Waals surface area contributed by atoms with Gasteiger partial charge in [0.15, 0.2) is 12.5 Å². The van der Waals surface area contributed by atoms with Gasteiger partial charge in [0.2, 0.25) is 0 Å². The van der Waals surface area contributed by atoms with E-state index >= 15 is 0 Å². The number of halogens is 6. The highest BCUT2D eigenvalue weighted by Crippen LogP contribution is 2.33. The van der Waals surface area contributed by atoms with E-state index in [4.69, 9.17) is 19.7 Å². The third-order valence-corrected chi connectivity index (χ3v) is 16.7. The Kier molecular flexibility index (Phi) is 20.9. The maximum atomic E-state index is 13.7. The molecule has 0 radical (unpaired) electrons. The van der Waals surface area contributed by atoms with Crippen LogP contribution in [0.5, 0.6) is 0 Å². The van der Waals surface area contributed by atoms with Gasteiger partial charge >= 0.3 is 0 Å². The van der Waals surface area contributed by atoms with Gasteiger partial charge in [-0.15, -0.1) is 0 Å². The maximum Gasteiger partial charge on any atom is 0.150 e. The van der Waals surface area contributed by atoms with E-state index in [2.05, 4.69) is 56.3 Å². The lowest BCUT2D eigenvalue weighted by molar-refractivity contribution is -0.0368. The molecule has 482 valence electrons. The van der Waals surface area contributed by atoms with Crippen LogP contribution in [0.2, 0.25) is 0 Å². The van der Waals surface area contributed by atoms with Crippen LogP contribution in [0.1, 0.15) is 113 Å². The molecule has 2 atom stereocenters. The second kappa shape index (κ2) is 30.6. The number of rotatable bonds is 17. The van der Waals surface area contributed by atoms with Gasteiger partial charge in [-0.2, -0.15) is 10.2 Å². The highest BCUT2D eigenvalue weighted by molar-refractivity contribution is 6.13. The van der Waals surface area contributed by atoms with E-state index in [-0.39, 0.29) is 12.5 Å². The fourth-order valence-corrected chi connectivity index (χ4v) is 11.9. The standard InChI is InChI=1S/C27H26F2N4O.C27H25F2N3O.C23H19F2N3/c1-32(23-16-20(28)15-21(29)17-23)18-19-8-11-26-24(14-19)25(10-9-22-6-2-4-12-30-22)31-33(26)27-7-3-5-13-34-27;28-21-15-20(16-22(29)18-21)8-7-19-9-12-26-24(17-19)25(11-10-23-5-1-3-13-30-23)31-32(26)27-6-2-4-14-33-27;1-28(21-12-18(24)11-19(25)13-21)15-16-5-6-17-14-27-23(22(17)10-16)8-7-20-4-2-3-9-26-20/h2,4,6,8-12,14-17,27H,3,5,7,13,18H2,1H3;1,3,5,9-13,15-18,27H,2,4,6-8,14H2;2-13H,14-15H2,1H3/b10-9+;11-10+;8-7+. The average molecular weight is 1280 g/mol. The van der Waals surface area contributed by atoms with E-state index in [0.717, 1.165) is 148 Å². The number of aryl methyl sites for hydroxylation is 2. The molecule has 2 fully saturated rings. The van der Waals surface area contributed by atoms with Gasteiger partial charge in [-0.05, 0) is 219 Å². The van der Waals surface area contributed by atoms with Crippen LogP contribution in [-0.4, -0.2) is 67.5 Å². The number of hydrogen-bond donors (Lipinski definition) is 0. The van der Waals surface area contributed by atoms with E-state index < -0.39 is 34.9 Å². The third kappa shape index (κ3) is 16.9. The Morgan fingerprint density at radius 2 is 0.874 bits per heavy atom. The van der Waals surface area contributed by atoms with Crippen molar-refractivity contribution in [1.82, 2.24) is 34.5 Å². The molecule has 12 nitrogen and oxygen atoms in total. The summed E-state index contributed by atoms with van der Waals surface area (Å²) in [7, 11) is 3.64. The smallest absolute Gasteiger partial charge is 0.150 e. The minimum atomic E-state index is -0.590. The molecule has 8 heterocycles. The molecule has 5 aromatic heterocycles. The number of aliphatic imine (C=N–C) groups is 1. The molecule has 14 rings (SSSR count). The van der Waals surface area contributed by atoms with Crippen molar-refractivity contribution in [3.05, 3.63) is 285 Å². The van der Waals surface area contributed by atoms with Crippen LogP contribution in [0, 0.1) is 34.9 Å². The number of allylic oxidation sites excluding steroid dienone is 1. The molecule has 2 unspecified atom stereocenters. The van der Waals surface area contributed by atoms with Crippen molar-refractivity contribution in [1.29, 1.82) is 0 Å². The Morgan fingerprint density at radius 3 is 1.34 bits per heavy atom. The van der Waals surface area contributed by atoms with E-state index in [1.165, 1.54) is 42.0 Å². The zero-order chi connectivity index (χ0) is 65.6. The summed E-state index contributed by atoms with van der Waals surface area (Å²) in [4.78, 5) is 21.3. The molecule has 11 aromatic rings. The molecule has 0 spiro atoms. The molecule has 18 heteroatoms. The van der Waals surface area contributed by atoms with Gasteiger partial charge in [0, 0.05) is 105 Å². The molecule has 0 amide bonds. The highest BCUT2D eigenvalue weighted by Gasteiger charge is 2.23. The number of ether oxygens (including phenoxy) is 2. The lowest BCUT2D eigenvalue weighted by Crippen LogP contribution is -2.19. The van der Waals surface area contributed by atoms with Crippen molar-refractivity contribution < 1.29 is 35.8 Å². The highest BCUT2D eigenvalue weighted by atomic mass is 19.2. The number of fused-ring (bicyclic) bond motifs is 3. The second-order valence-electron chi connectivity index (χ2n) is 23.7. The molecule has 0 N–H and O–H groups in total. The largest absolute Gasteiger partial charge is 0.370 e. The van der Waals surface area contributed by atoms with Crippen LogP contribution in [0.3, 0.4) is 0 Å². The van der Waals surface area contributed by atoms with Crippen molar-refractivity contribution in [2.75, 3.05) is 37.1 Å². The summed E-state index contributed by atoms with van der Waals surface area (Å²) in [6.45, 7) is 3.16. The third-order valence-electron chi connectivity index (χ3n) is 16.7. The van der Waals surface area contributed by atoms with Crippen LogP contribution < -0.4 is 9.80 Å². The fourth-order valence-electron chi connectivity index (χ4n) is 11.9. The summed E-state index contributed by atoms with van der Waals surface area (Å²) in [5.74, 6) is -3.43. The molecule has 3 aliphatic heterocycles. The first-order valence-electron chi connectivity index (χ1n) is 31.8. The Bertz CT molecular complexity index is 4500. The Morgan fingerprint density at radius 1 is 0.442 bits per heavy atom. The van der Waals surface area contributed by atoms with Crippen molar-refractivity contribution in [3.8, 4) is 0 Å². The molecule has 0 aliphatic carbocycles. The molecule has 0 saturated carbocycles. The van der Waals surface area contributed by atoms with Gasteiger partial charge in [-0.1, -0.05) is 42.5 Å². The van der Waals surface area contributed by atoms with Gasteiger partial charge in [-0.25, -0.2) is 35.7 Å². The van der Waals surface area contributed by atoms with Crippen LogP contribution >= 0.6 is 0 Å². The molecule has 3 aliphatic rings. The number of anilines is 2. The van der Waals surface area contributed by atoms with Gasteiger partial charge in [0.1, 0.15) is 34.9 Å².